The van der Waals surface area contributed by atoms with Crippen molar-refractivity contribution in [3.63, 3.8) is 0 Å². The van der Waals surface area contributed by atoms with Crippen LogP contribution in [0.4, 0.5) is 0 Å². The predicted molar refractivity (Wildman–Crippen MR) is 57.4 cm³/mol. The second kappa shape index (κ2) is 3.86. The summed E-state index contributed by atoms with van der Waals surface area (Å²) in [6.07, 6.45) is -1.54. The number of hydrogen-bond acceptors (Lipinski definition) is 3. The van der Waals surface area contributed by atoms with Gasteiger partial charge < -0.3 is 19.9 Å². The number of benzene rings is 1. The van der Waals surface area contributed by atoms with Crippen molar-refractivity contribution >= 4 is 16.9 Å². The highest BCUT2D eigenvalue weighted by Gasteiger charge is 2.18. The van der Waals surface area contributed by atoms with Gasteiger partial charge in [0, 0.05) is 5.39 Å². The van der Waals surface area contributed by atoms with E-state index in [1.807, 2.05) is 6.07 Å². The Morgan fingerprint density at radius 1 is 1.50 bits per heavy atom. The van der Waals surface area contributed by atoms with Gasteiger partial charge in [0.15, 0.2) is 6.10 Å². The first-order valence-electron chi connectivity index (χ1n) is 4.70. The van der Waals surface area contributed by atoms with E-state index in [9.17, 15) is 9.90 Å². The topological polar surface area (TPSA) is 82.6 Å². The molecule has 0 bridgehead atoms. The van der Waals surface area contributed by atoms with E-state index in [4.69, 9.17) is 9.84 Å². The largest absolute Gasteiger partial charge is 0.495 e. The number of para-hydroxylation sites is 1. The summed E-state index contributed by atoms with van der Waals surface area (Å²) in [4.78, 5) is 13.5. The Morgan fingerprint density at radius 3 is 2.88 bits per heavy atom. The third-order valence-corrected chi connectivity index (χ3v) is 2.39. The number of aliphatic carboxylic acids is 1. The molecular formula is C11H11NO4. The lowest BCUT2D eigenvalue weighted by molar-refractivity contribution is -0.147. The average molecular weight is 221 g/mol. The summed E-state index contributed by atoms with van der Waals surface area (Å²) < 4.78 is 5.12. The highest BCUT2D eigenvalue weighted by molar-refractivity contribution is 5.87. The fourth-order valence-electron chi connectivity index (χ4n) is 1.60. The molecule has 0 aliphatic rings. The van der Waals surface area contributed by atoms with Crippen LogP contribution in [0.15, 0.2) is 24.3 Å². The Morgan fingerprint density at radius 2 is 2.25 bits per heavy atom. The number of nitrogens with one attached hydrogen (secondary N) is 1. The highest BCUT2D eigenvalue weighted by atomic mass is 16.5. The number of aliphatic hydroxyl groups is 1. The Hall–Kier alpha value is -2.01. The molecule has 0 aliphatic heterocycles. The van der Waals surface area contributed by atoms with Gasteiger partial charge in [0.05, 0.1) is 18.3 Å². The standard InChI is InChI=1S/C11H11NO4/c1-16-8-4-2-3-6-5-7(12-9(6)8)10(13)11(14)15/h2-5,10,12-13H,1H3,(H,14,15). The van der Waals surface area contributed by atoms with Crippen molar-refractivity contribution in [2.75, 3.05) is 7.11 Å². The van der Waals surface area contributed by atoms with Crippen molar-refractivity contribution < 1.29 is 19.7 Å². The lowest BCUT2D eigenvalue weighted by atomic mass is 10.2. The summed E-state index contributed by atoms with van der Waals surface area (Å²) in [7, 11) is 1.53. The van der Waals surface area contributed by atoms with E-state index in [-0.39, 0.29) is 5.69 Å². The minimum absolute atomic E-state index is 0.243. The van der Waals surface area contributed by atoms with Crippen LogP contribution in [0.5, 0.6) is 5.75 Å². The molecule has 0 spiro atoms. The molecule has 1 unspecified atom stereocenters. The monoisotopic (exact) mass is 221 g/mol. The molecule has 2 rings (SSSR count). The van der Waals surface area contributed by atoms with Crippen LogP contribution in [0.25, 0.3) is 10.9 Å². The quantitative estimate of drug-likeness (QED) is 0.729. The number of carboxylic acid groups (broad SMARTS) is 1. The van der Waals surface area contributed by atoms with Gasteiger partial charge in [-0.15, -0.1) is 0 Å². The molecule has 1 atom stereocenters. The molecule has 3 N–H and O–H groups in total. The number of aromatic nitrogens is 1. The molecule has 84 valence electrons. The van der Waals surface area contributed by atoms with Gasteiger partial charge in [-0.25, -0.2) is 4.79 Å². The zero-order valence-corrected chi connectivity index (χ0v) is 8.60. The van der Waals surface area contributed by atoms with Crippen LogP contribution in [0.1, 0.15) is 11.8 Å². The van der Waals surface area contributed by atoms with Crippen molar-refractivity contribution in [3.8, 4) is 5.75 Å². The first-order chi connectivity index (χ1) is 7.63. The van der Waals surface area contributed by atoms with Crippen LogP contribution in [-0.2, 0) is 4.79 Å². The summed E-state index contributed by atoms with van der Waals surface area (Å²) in [6.45, 7) is 0. The van der Waals surface area contributed by atoms with Gasteiger partial charge in [0.25, 0.3) is 0 Å². The zero-order chi connectivity index (χ0) is 11.7. The molecule has 16 heavy (non-hydrogen) atoms. The number of aliphatic hydroxyl groups excluding tert-OH is 1. The van der Waals surface area contributed by atoms with Gasteiger partial charge >= 0.3 is 5.97 Å². The average Bonchev–Trinajstić information content (AvgIpc) is 2.70. The number of hydrogen-bond donors (Lipinski definition) is 3. The van der Waals surface area contributed by atoms with Crippen molar-refractivity contribution in [3.05, 3.63) is 30.0 Å². The Bertz CT molecular complexity index is 532. The van der Waals surface area contributed by atoms with E-state index in [0.717, 1.165) is 5.39 Å². The van der Waals surface area contributed by atoms with Crippen LogP contribution < -0.4 is 4.74 Å². The Balaban J connectivity index is 2.55. The molecule has 0 fully saturated rings. The van der Waals surface area contributed by atoms with Crippen molar-refractivity contribution in [2.24, 2.45) is 0 Å². The summed E-state index contributed by atoms with van der Waals surface area (Å²) in [5.41, 5.74) is 0.923. The summed E-state index contributed by atoms with van der Waals surface area (Å²) in [5.74, 6) is -0.674. The van der Waals surface area contributed by atoms with Crippen molar-refractivity contribution in [1.29, 1.82) is 0 Å². The van der Waals surface area contributed by atoms with E-state index in [0.29, 0.717) is 11.3 Å². The number of carboxylic acids is 1. The lowest BCUT2D eigenvalue weighted by Crippen LogP contribution is -2.10. The third-order valence-electron chi connectivity index (χ3n) is 2.39. The van der Waals surface area contributed by atoms with Crippen LogP contribution >= 0.6 is 0 Å². The second-order valence-corrected chi connectivity index (χ2v) is 3.39. The van der Waals surface area contributed by atoms with E-state index >= 15 is 0 Å². The molecular weight excluding hydrogens is 210 g/mol. The molecule has 0 radical (unpaired) electrons. The fraction of sp³-hybridized carbons (Fsp3) is 0.182. The van der Waals surface area contributed by atoms with E-state index in [1.165, 1.54) is 7.11 Å². The molecule has 0 saturated carbocycles. The number of methoxy groups -OCH3 is 1. The SMILES string of the molecule is COc1cccc2cc(C(O)C(=O)O)[nH]c12. The van der Waals surface area contributed by atoms with Gasteiger partial charge in [-0.1, -0.05) is 12.1 Å². The molecule has 1 aromatic carbocycles. The molecule has 2 aromatic rings. The van der Waals surface area contributed by atoms with E-state index in [2.05, 4.69) is 4.98 Å². The molecule has 0 amide bonds. The maximum atomic E-state index is 10.6. The maximum absolute atomic E-state index is 10.6. The summed E-state index contributed by atoms with van der Waals surface area (Å²) in [5, 5.41) is 18.9. The molecule has 5 heteroatoms. The third kappa shape index (κ3) is 1.61. The molecule has 5 nitrogen and oxygen atoms in total. The normalized spacial score (nSPS) is 12.6. The first kappa shape index (κ1) is 10.5. The predicted octanol–water partition coefficient (Wildman–Crippen LogP) is 1.29. The van der Waals surface area contributed by atoms with E-state index < -0.39 is 12.1 Å². The van der Waals surface area contributed by atoms with Crippen LogP contribution in [0.2, 0.25) is 0 Å². The smallest absolute Gasteiger partial charge is 0.338 e. The lowest BCUT2D eigenvalue weighted by Gasteiger charge is -2.02. The fourth-order valence-corrected chi connectivity index (χ4v) is 1.60. The number of aromatic amines is 1. The van der Waals surface area contributed by atoms with E-state index in [1.54, 1.807) is 18.2 Å². The number of fused-ring (bicyclic) bond motifs is 1. The molecule has 1 heterocycles. The Kier molecular flexibility index (Phi) is 2.54. The molecule has 0 saturated heterocycles. The van der Waals surface area contributed by atoms with Gasteiger partial charge in [0.1, 0.15) is 5.75 Å². The number of rotatable bonds is 3. The minimum atomic E-state index is -1.54. The minimum Gasteiger partial charge on any atom is -0.495 e. The Labute approximate surface area is 91.3 Å². The summed E-state index contributed by atoms with van der Waals surface area (Å²) >= 11 is 0. The zero-order valence-electron chi connectivity index (χ0n) is 8.60. The summed E-state index contributed by atoms with van der Waals surface area (Å²) in [6, 6.07) is 6.96. The van der Waals surface area contributed by atoms with Crippen LogP contribution in [0, 0.1) is 0 Å². The second-order valence-electron chi connectivity index (χ2n) is 3.39. The maximum Gasteiger partial charge on any atom is 0.338 e. The van der Waals surface area contributed by atoms with Crippen molar-refractivity contribution in [1.82, 2.24) is 4.98 Å². The number of H-pyrrole nitrogens is 1. The molecule has 0 aliphatic carbocycles. The number of ether oxygens (including phenoxy) is 1. The first-order valence-corrected chi connectivity index (χ1v) is 4.70. The van der Waals surface area contributed by atoms with Crippen molar-refractivity contribution in [2.45, 2.75) is 6.10 Å². The van der Waals surface area contributed by atoms with Gasteiger partial charge in [-0.05, 0) is 12.1 Å². The molecule has 1 aromatic heterocycles. The van der Waals surface area contributed by atoms with Gasteiger partial charge in [0.2, 0.25) is 0 Å². The van der Waals surface area contributed by atoms with Gasteiger partial charge in [-0.3, -0.25) is 0 Å². The number of carbonyl (C=O) groups is 1. The van der Waals surface area contributed by atoms with Crippen LogP contribution in [0.3, 0.4) is 0 Å². The van der Waals surface area contributed by atoms with Gasteiger partial charge in [-0.2, -0.15) is 0 Å². The van der Waals surface area contributed by atoms with Crippen LogP contribution in [-0.4, -0.2) is 28.3 Å². The highest BCUT2D eigenvalue weighted by Crippen LogP contribution is 2.27.